The van der Waals surface area contributed by atoms with Crippen LogP contribution < -0.4 is 5.32 Å². The van der Waals surface area contributed by atoms with E-state index in [1.54, 1.807) is 6.92 Å². The van der Waals surface area contributed by atoms with Crippen molar-refractivity contribution in [1.29, 1.82) is 0 Å². The van der Waals surface area contributed by atoms with Gasteiger partial charge in [-0.3, -0.25) is 14.4 Å². The number of carbonyl (C=O) groups excluding carboxylic acids is 2. The molecule has 0 fully saturated rings. The van der Waals surface area contributed by atoms with Crippen molar-refractivity contribution in [3.63, 3.8) is 0 Å². The normalized spacial score (nSPS) is 11.5. The lowest BCUT2D eigenvalue weighted by Crippen LogP contribution is -2.38. The number of carboxylic acids is 1. The molecule has 0 bridgehead atoms. The van der Waals surface area contributed by atoms with Gasteiger partial charge in [0.1, 0.15) is 0 Å². The van der Waals surface area contributed by atoms with Crippen LogP contribution in [0.1, 0.15) is 38.2 Å². The molecule has 1 unspecified atom stereocenters. The summed E-state index contributed by atoms with van der Waals surface area (Å²) in [6.45, 7) is 2.00. The van der Waals surface area contributed by atoms with Gasteiger partial charge in [-0.2, -0.15) is 0 Å². The van der Waals surface area contributed by atoms with Crippen molar-refractivity contribution >= 4 is 29.4 Å². The van der Waals surface area contributed by atoms with E-state index in [1.807, 2.05) is 48.5 Å². The molecule has 2 aromatic carbocycles. The van der Waals surface area contributed by atoms with Gasteiger partial charge in [0, 0.05) is 23.9 Å². The third-order valence-corrected chi connectivity index (χ3v) is 4.71. The van der Waals surface area contributed by atoms with Crippen LogP contribution in [0, 0.1) is 0 Å². The van der Waals surface area contributed by atoms with Gasteiger partial charge < -0.3 is 15.2 Å². The van der Waals surface area contributed by atoms with Crippen LogP contribution in [0.15, 0.2) is 48.5 Å². The minimum Gasteiger partial charge on any atom is -0.481 e. The number of nitrogens with one attached hydrogen (secondary N) is 1. The second kappa shape index (κ2) is 12.0. The molecular weight excluding hydrogens is 406 g/mol. The maximum Gasteiger partial charge on any atom is 0.307 e. The van der Waals surface area contributed by atoms with Crippen LogP contribution in [-0.4, -0.2) is 35.6 Å². The number of esters is 1. The van der Waals surface area contributed by atoms with Crippen LogP contribution in [0.5, 0.6) is 0 Å². The molecule has 30 heavy (non-hydrogen) atoms. The fourth-order valence-electron chi connectivity index (χ4n) is 3.08. The first kappa shape index (κ1) is 23.4. The molecule has 0 spiro atoms. The van der Waals surface area contributed by atoms with Gasteiger partial charge in [-0.15, -0.1) is 0 Å². The van der Waals surface area contributed by atoms with Crippen molar-refractivity contribution in [2.24, 2.45) is 0 Å². The van der Waals surface area contributed by atoms with Crippen LogP contribution in [-0.2, 0) is 25.5 Å². The van der Waals surface area contributed by atoms with E-state index in [0.717, 1.165) is 16.7 Å². The van der Waals surface area contributed by atoms with Crippen LogP contribution >= 0.6 is 11.6 Å². The summed E-state index contributed by atoms with van der Waals surface area (Å²) in [5.74, 6) is -1.60. The van der Waals surface area contributed by atoms with Gasteiger partial charge in [0.2, 0.25) is 5.91 Å². The number of carbonyl (C=O) groups is 3. The Labute approximate surface area is 181 Å². The minimum atomic E-state index is -0.939. The molecule has 0 aliphatic carbocycles. The van der Waals surface area contributed by atoms with Crippen molar-refractivity contribution in [3.8, 4) is 11.1 Å². The van der Waals surface area contributed by atoms with Crippen molar-refractivity contribution < 1.29 is 24.2 Å². The van der Waals surface area contributed by atoms with Gasteiger partial charge in [-0.05, 0) is 48.6 Å². The highest BCUT2D eigenvalue weighted by molar-refractivity contribution is 6.30. The van der Waals surface area contributed by atoms with Gasteiger partial charge in [0.25, 0.3) is 0 Å². The van der Waals surface area contributed by atoms with Crippen LogP contribution in [0.2, 0.25) is 5.02 Å². The smallest absolute Gasteiger partial charge is 0.307 e. The van der Waals surface area contributed by atoms with Gasteiger partial charge in [-0.25, -0.2) is 0 Å². The molecular formula is C23H26ClNO5. The van der Waals surface area contributed by atoms with Crippen LogP contribution in [0.3, 0.4) is 0 Å². The molecule has 0 heterocycles. The summed E-state index contributed by atoms with van der Waals surface area (Å²) in [6, 6.07) is 15.0. The molecule has 0 saturated carbocycles. The Morgan fingerprint density at radius 1 is 1.07 bits per heavy atom. The van der Waals surface area contributed by atoms with Crippen molar-refractivity contribution in [2.45, 2.75) is 45.1 Å². The number of benzene rings is 2. The highest BCUT2D eigenvalue weighted by Gasteiger charge is 2.18. The first-order valence-electron chi connectivity index (χ1n) is 9.89. The van der Waals surface area contributed by atoms with E-state index in [9.17, 15) is 14.4 Å². The second-order valence-electron chi connectivity index (χ2n) is 6.93. The summed E-state index contributed by atoms with van der Waals surface area (Å²) in [6.07, 6.45) is 0.787. The van der Waals surface area contributed by atoms with Crippen LogP contribution in [0.25, 0.3) is 11.1 Å². The number of rotatable bonds is 11. The lowest BCUT2D eigenvalue weighted by Gasteiger charge is -2.18. The number of hydrogen-bond acceptors (Lipinski definition) is 4. The molecule has 7 heteroatoms. The van der Waals surface area contributed by atoms with Gasteiger partial charge >= 0.3 is 11.9 Å². The Morgan fingerprint density at radius 2 is 1.80 bits per heavy atom. The third kappa shape index (κ3) is 8.25. The molecule has 1 atom stereocenters. The number of aliphatic carboxylic acids is 1. The Morgan fingerprint density at radius 3 is 2.43 bits per heavy atom. The van der Waals surface area contributed by atoms with Crippen molar-refractivity contribution in [1.82, 2.24) is 5.32 Å². The summed E-state index contributed by atoms with van der Waals surface area (Å²) >= 11 is 6.05. The Kier molecular flexibility index (Phi) is 9.35. The van der Waals surface area contributed by atoms with E-state index in [1.165, 1.54) is 0 Å². The van der Waals surface area contributed by atoms with Gasteiger partial charge in [0.15, 0.2) is 0 Å². The predicted molar refractivity (Wildman–Crippen MR) is 115 cm³/mol. The van der Waals surface area contributed by atoms with E-state index in [4.69, 9.17) is 21.4 Å². The zero-order valence-corrected chi connectivity index (χ0v) is 17.7. The summed E-state index contributed by atoms with van der Waals surface area (Å²) in [5.41, 5.74) is 2.98. The van der Waals surface area contributed by atoms with E-state index in [2.05, 4.69) is 5.32 Å². The number of halogens is 1. The molecule has 2 aromatic rings. The molecule has 0 saturated heterocycles. The van der Waals surface area contributed by atoms with Crippen molar-refractivity contribution in [3.05, 3.63) is 59.1 Å². The monoisotopic (exact) mass is 431 g/mol. The summed E-state index contributed by atoms with van der Waals surface area (Å²) in [5, 5.41) is 12.2. The van der Waals surface area contributed by atoms with E-state index in [0.29, 0.717) is 11.4 Å². The highest BCUT2D eigenvalue weighted by Crippen LogP contribution is 2.23. The number of ether oxygens (including phenoxy) is 1. The number of carboxylic acid groups (broad SMARTS) is 1. The van der Waals surface area contributed by atoms with Crippen molar-refractivity contribution in [2.75, 3.05) is 6.61 Å². The Bertz CT molecular complexity index is 866. The molecule has 2 N–H and O–H groups in total. The zero-order valence-electron chi connectivity index (χ0n) is 16.9. The standard InChI is InChI=1S/C23H26ClNO5/c1-2-30-23(29)15-20(25-21(26)7-4-8-22(27)28)13-16-9-11-17(12-10-16)18-5-3-6-19(24)14-18/h3,5-6,9-12,14,20H,2,4,7-8,13,15H2,1H3,(H,25,26)(H,27,28). The van der Waals surface area contributed by atoms with E-state index in [-0.39, 0.29) is 44.2 Å². The molecule has 2 rings (SSSR count). The fraction of sp³-hybridized carbons (Fsp3) is 0.348. The highest BCUT2D eigenvalue weighted by atomic mass is 35.5. The maximum absolute atomic E-state index is 12.2. The third-order valence-electron chi connectivity index (χ3n) is 4.47. The summed E-state index contributed by atoms with van der Waals surface area (Å²) in [7, 11) is 0. The largest absolute Gasteiger partial charge is 0.481 e. The lowest BCUT2D eigenvalue weighted by molar-refractivity contribution is -0.143. The SMILES string of the molecule is CCOC(=O)CC(Cc1ccc(-c2cccc(Cl)c2)cc1)NC(=O)CCCC(=O)O. The van der Waals surface area contributed by atoms with E-state index < -0.39 is 12.0 Å². The zero-order chi connectivity index (χ0) is 21.9. The fourth-order valence-corrected chi connectivity index (χ4v) is 3.27. The minimum absolute atomic E-state index is 0.0502. The predicted octanol–water partition coefficient (Wildman–Crippen LogP) is 4.24. The number of amides is 1. The Balaban J connectivity index is 2.03. The quantitative estimate of drug-likeness (QED) is 0.519. The first-order valence-corrected chi connectivity index (χ1v) is 10.3. The van der Waals surface area contributed by atoms with Crippen LogP contribution in [0.4, 0.5) is 0 Å². The molecule has 1 amide bonds. The molecule has 6 nitrogen and oxygen atoms in total. The summed E-state index contributed by atoms with van der Waals surface area (Å²) in [4.78, 5) is 34.7. The average Bonchev–Trinajstić information content (AvgIpc) is 2.68. The lowest BCUT2D eigenvalue weighted by atomic mass is 9.99. The van der Waals surface area contributed by atoms with E-state index >= 15 is 0 Å². The molecule has 160 valence electrons. The molecule has 0 radical (unpaired) electrons. The molecule has 0 aromatic heterocycles. The summed E-state index contributed by atoms with van der Waals surface area (Å²) < 4.78 is 5.01. The first-order chi connectivity index (χ1) is 14.4. The van der Waals surface area contributed by atoms with Gasteiger partial charge in [-0.1, -0.05) is 48.0 Å². The molecule has 0 aliphatic rings. The second-order valence-corrected chi connectivity index (χ2v) is 7.37. The van der Waals surface area contributed by atoms with Gasteiger partial charge in [0.05, 0.1) is 13.0 Å². The maximum atomic E-state index is 12.2. The average molecular weight is 432 g/mol. The molecule has 0 aliphatic heterocycles. The topological polar surface area (TPSA) is 92.7 Å². The Hall–Kier alpha value is -2.86. The number of hydrogen-bond donors (Lipinski definition) is 2.